The number of fused-ring (bicyclic) bond motifs is 2. The Labute approximate surface area is 67.4 Å². The van der Waals surface area contributed by atoms with E-state index in [1.54, 1.807) is 0 Å². The lowest BCUT2D eigenvalue weighted by molar-refractivity contribution is -0.153. The first-order valence-corrected chi connectivity index (χ1v) is 3.64. The van der Waals surface area contributed by atoms with Gasteiger partial charge in [0.1, 0.15) is 0 Å². The predicted octanol–water partition coefficient (Wildman–Crippen LogP) is 0.398. The maximum Gasteiger partial charge on any atom is 0.0700 e. The van der Waals surface area contributed by atoms with E-state index in [1.165, 1.54) is 6.42 Å². The number of piperidine rings is 2. The highest BCUT2D eigenvalue weighted by molar-refractivity contribution is 5.85. The molecule has 2 nitrogen and oxygen atoms in total. The average molecular weight is 164 g/mol. The zero-order valence-electron chi connectivity index (χ0n) is 6.13. The molecule has 2 aliphatic heterocycles. The summed E-state index contributed by atoms with van der Waals surface area (Å²) in [6, 6.07) is 0. The monoisotopic (exact) mass is 163 g/mol. The predicted molar refractivity (Wildman–Crippen MR) is 42.3 cm³/mol. The number of rotatable bonds is 0. The maximum atomic E-state index is 9.65. The van der Waals surface area contributed by atoms with Crippen LogP contribution in [0.25, 0.3) is 0 Å². The first-order chi connectivity index (χ1) is 4.21. The van der Waals surface area contributed by atoms with Crippen LogP contribution < -0.4 is 5.32 Å². The van der Waals surface area contributed by atoms with Crippen LogP contribution in [0.15, 0.2) is 0 Å². The van der Waals surface area contributed by atoms with Crippen LogP contribution in [-0.2, 0) is 0 Å². The van der Waals surface area contributed by atoms with Crippen molar-refractivity contribution in [1.29, 1.82) is 0 Å². The molecule has 0 spiro atoms. The van der Waals surface area contributed by atoms with Crippen LogP contribution in [0, 0.1) is 11.8 Å². The molecular weight excluding hydrogens is 150 g/mol. The van der Waals surface area contributed by atoms with E-state index in [9.17, 15) is 5.11 Å². The van der Waals surface area contributed by atoms with Crippen LogP contribution in [0.5, 0.6) is 0 Å². The molecule has 2 unspecified atom stereocenters. The third kappa shape index (κ3) is 0.865. The standard InChI is InChI=1S/C7H13NO.ClH/c1-7(9)5-2-6(7)4-8-3-5;/h5-6,8-9H,2-4H2,1H3;1H. The molecule has 0 aromatic carbocycles. The maximum absolute atomic E-state index is 9.65. The van der Waals surface area contributed by atoms with Crippen LogP contribution in [0.2, 0.25) is 0 Å². The molecule has 10 heavy (non-hydrogen) atoms. The van der Waals surface area contributed by atoms with E-state index in [2.05, 4.69) is 5.32 Å². The van der Waals surface area contributed by atoms with E-state index >= 15 is 0 Å². The summed E-state index contributed by atoms with van der Waals surface area (Å²) < 4.78 is 0. The number of nitrogens with one attached hydrogen (secondary N) is 1. The number of halogens is 1. The summed E-state index contributed by atoms with van der Waals surface area (Å²) in [5.41, 5.74) is -0.328. The molecule has 2 heterocycles. The minimum atomic E-state index is -0.328. The van der Waals surface area contributed by atoms with Gasteiger partial charge in [-0.25, -0.2) is 0 Å². The van der Waals surface area contributed by atoms with Gasteiger partial charge < -0.3 is 10.4 Å². The van der Waals surface area contributed by atoms with Crippen molar-refractivity contribution in [3.8, 4) is 0 Å². The Morgan fingerprint density at radius 2 is 1.90 bits per heavy atom. The van der Waals surface area contributed by atoms with Gasteiger partial charge in [-0.3, -0.25) is 0 Å². The van der Waals surface area contributed by atoms with Gasteiger partial charge in [-0.15, -0.1) is 12.4 Å². The Morgan fingerprint density at radius 1 is 1.40 bits per heavy atom. The lowest BCUT2D eigenvalue weighted by atomic mass is 9.59. The Bertz CT molecular complexity index is 122. The number of hydrogen-bond acceptors (Lipinski definition) is 2. The topological polar surface area (TPSA) is 32.3 Å². The fraction of sp³-hybridized carbons (Fsp3) is 1.00. The van der Waals surface area contributed by atoms with Crippen molar-refractivity contribution in [3.05, 3.63) is 0 Å². The Kier molecular flexibility index (Phi) is 1.96. The first-order valence-electron chi connectivity index (χ1n) is 3.64. The number of hydrogen-bond donors (Lipinski definition) is 2. The Balaban J connectivity index is 0.000000500. The molecule has 0 aromatic heterocycles. The van der Waals surface area contributed by atoms with Crippen LogP contribution >= 0.6 is 12.4 Å². The summed E-state index contributed by atoms with van der Waals surface area (Å²) in [5, 5.41) is 12.9. The van der Waals surface area contributed by atoms with Crippen LogP contribution in [0.4, 0.5) is 0 Å². The molecule has 1 aliphatic carbocycles. The van der Waals surface area contributed by atoms with E-state index in [4.69, 9.17) is 0 Å². The summed E-state index contributed by atoms with van der Waals surface area (Å²) in [6.07, 6.45) is 1.24. The molecule has 0 radical (unpaired) electrons. The second-order valence-corrected chi connectivity index (χ2v) is 3.51. The highest BCUT2D eigenvalue weighted by Crippen LogP contribution is 2.45. The SMILES string of the molecule is CC1(O)C2CNCC1C2.Cl. The van der Waals surface area contributed by atoms with Crippen molar-refractivity contribution in [2.75, 3.05) is 13.1 Å². The van der Waals surface area contributed by atoms with Gasteiger partial charge >= 0.3 is 0 Å². The average Bonchev–Trinajstić information content (AvgIpc) is 1.89. The van der Waals surface area contributed by atoms with Gasteiger partial charge in [0.2, 0.25) is 0 Å². The van der Waals surface area contributed by atoms with Gasteiger partial charge in [-0.05, 0) is 13.3 Å². The quantitative estimate of drug-likeness (QED) is 0.542. The molecule has 3 rings (SSSR count). The van der Waals surface area contributed by atoms with E-state index in [0.29, 0.717) is 11.8 Å². The molecule has 2 N–H and O–H groups in total. The lowest BCUT2D eigenvalue weighted by Crippen LogP contribution is -2.64. The van der Waals surface area contributed by atoms with Crippen LogP contribution in [0.3, 0.4) is 0 Å². The molecule has 3 heteroatoms. The fourth-order valence-corrected chi connectivity index (χ4v) is 2.01. The molecule has 60 valence electrons. The second kappa shape index (κ2) is 2.36. The minimum absolute atomic E-state index is 0. The van der Waals surface area contributed by atoms with Gasteiger partial charge in [0.25, 0.3) is 0 Å². The van der Waals surface area contributed by atoms with Crippen molar-refractivity contribution in [1.82, 2.24) is 5.32 Å². The van der Waals surface area contributed by atoms with E-state index in [1.807, 2.05) is 6.92 Å². The lowest BCUT2D eigenvalue weighted by Gasteiger charge is -2.54. The molecule has 3 aliphatic rings. The van der Waals surface area contributed by atoms with E-state index in [-0.39, 0.29) is 18.0 Å². The highest BCUT2D eigenvalue weighted by Gasteiger charge is 2.52. The van der Waals surface area contributed by atoms with Crippen molar-refractivity contribution in [2.45, 2.75) is 18.9 Å². The first kappa shape index (κ1) is 8.31. The molecule has 0 aromatic rings. The third-order valence-electron chi connectivity index (χ3n) is 3.00. The largest absolute Gasteiger partial charge is 0.390 e. The van der Waals surface area contributed by atoms with Gasteiger partial charge in [-0.1, -0.05) is 0 Å². The normalized spacial score (nSPS) is 51.0. The number of aliphatic hydroxyl groups is 1. The second-order valence-electron chi connectivity index (χ2n) is 3.51. The van der Waals surface area contributed by atoms with Crippen molar-refractivity contribution in [3.63, 3.8) is 0 Å². The van der Waals surface area contributed by atoms with Gasteiger partial charge in [0, 0.05) is 24.9 Å². The fourth-order valence-electron chi connectivity index (χ4n) is 2.01. The van der Waals surface area contributed by atoms with E-state index in [0.717, 1.165) is 13.1 Å². The van der Waals surface area contributed by atoms with Crippen molar-refractivity contribution >= 4 is 12.4 Å². The zero-order valence-corrected chi connectivity index (χ0v) is 6.95. The Morgan fingerprint density at radius 3 is 2.10 bits per heavy atom. The zero-order chi connectivity index (χ0) is 6.48. The molecule has 1 saturated carbocycles. The van der Waals surface area contributed by atoms with Crippen LogP contribution in [0.1, 0.15) is 13.3 Å². The molecular formula is C7H14ClNO. The minimum Gasteiger partial charge on any atom is -0.390 e. The van der Waals surface area contributed by atoms with Gasteiger partial charge in [-0.2, -0.15) is 0 Å². The third-order valence-corrected chi connectivity index (χ3v) is 3.00. The summed E-state index contributed by atoms with van der Waals surface area (Å²) in [5.74, 6) is 1.08. The van der Waals surface area contributed by atoms with Crippen LogP contribution in [-0.4, -0.2) is 23.8 Å². The summed E-state index contributed by atoms with van der Waals surface area (Å²) in [7, 11) is 0. The molecule has 2 saturated heterocycles. The van der Waals surface area contributed by atoms with Gasteiger partial charge in [0.15, 0.2) is 0 Å². The molecule has 0 amide bonds. The summed E-state index contributed by atoms with van der Waals surface area (Å²) >= 11 is 0. The molecule has 3 fully saturated rings. The Hall–Kier alpha value is 0.210. The summed E-state index contributed by atoms with van der Waals surface area (Å²) in [4.78, 5) is 0. The summed E-state index contributed by atoms with van der Waals surface area (Å²) in [6.45, 7) is 4.00. The van der Waals surface area contributed by atoms with E-state index < -0.39 is 0 Å². The smallest absolute Gasteiger partial charge is 0.0700 e. The van der Waals surface area contributed by atoms with Crippen molar-refractivity contribution in [2.24, 2.45) is 11.8 Å². The van der Waals surface area contributed by atoms with Gasteiger partial charge in [0.05, 0.1) is 5.60 Å². The highest BCUT2D eigenvalue weighted by atomic mass is 35.5. The molecule has 2 atom stereocenters. The molecule has 2 bridgehead atoms. The van der Waals surface area contributed by atoms with Crippen molar-refractivity contribution < 1.29 is 5.11 Å².